The Labute approximate surface area is 172 Å². The van der Waals surface area contributed by atoms with Crippen molar-refractivity contribution in [3.05, 3.63) is 60.0 Å². The maximum Gasteiger partial charge on any atom is 0.275 e. The quantitative estimate of drug-likeness (QED) is 0.668. The number of hydrogen-bond donors (Lipinski definition) is 1. The molecule has 0 saturated carbocycles. The number of benzene rings is 1. The minimum absolute atomic E-state index is 0.0745. The van der Waals surface area contributed by atoms with E-state index in [0.29, 0.717) is 22.5 Å². The highest BCUT2D eigenvalue weighted by Gasteiger charge is 2.50. The number of fused-ring (bicyclic) bond motifs is 1. The maximum atomic E-state index is 13.3. The number of amides is 1. The van der Waals surface area contributed by atoms with Gasteiger partial charge in [0.15, 0.2) is 0 Å². The van der Waals surface area contributed by atoms with Crippen molar-refractivity contribution < 1.29 is 22.0 Å². The Morgan fingerprint density at radius 2 is 1.93 bits per heavy atom. The van der Waals surface area contributed by atoms with Gasteiger partial charge in [-0.2, -0.15) is 4.31 Å². The lowest BCUT2D eigenvalue weighted by atomic mass is 10.0. The van der Waals surface area contributed by atoms with Gasteiger partial charge in [0, 0.05) is 29.8 Å². The molecule has 1 N–H and O–H groups in total. The van der Waals surface area contributed by atoms with Crippen LogP contribution in [0.4, 0.5) is 14.5 Å². The molecule has 0 bridgehead atoms. The third-order valence-electron chi connectivity index (χ3n) is 4.98. The summed E-state index contributed by atoms with van der Waals surface area (Å²) in [5.41, 5.74) is 1.66. The molecule has 2 aromatic heterocycles. The van der Waals surface area contributed by atoms with Crippen molar-refractivity contribution in [3.8, 4) is 0 Å². The summed E-state index contributed by atoms with van der Waals surface area (Å²) in [6, 6.07) is 7.72. The molecule has 1 aliphatic rings. The first-order chi connectivity index (χ1) is 14.1. The van der Waals surface area contributed by atoms with Crippen molar-refractivity contribution in [2.24, 2.45) is 0 Å². The van der Waals surface area contributed by atoms with Crippen molar-refractivity contribution >= 4 is 27.3 Å². The van der Waals surface area contributed by atoms with Crippen molar-refractivity contribution in [3.63, 3.8) is 0 Å². The van der Waals surface area contributed by atoms with Gasteiger partial charge in [-0.1, -0.05) is 19.9 Å². The topological polar surface area (TPSA) is 83.8 Å². The van der Waals surface area contributed by atoms with Crippen LogP contribution in [0.2, 0.25) is 0 Å². The van der Waals surface area contributed by atoms with Crippen LogP contribution in [0.3, 0.4) is 0 Å². The molecular formula is C20H20F2N4O3S. The lowest BCUT2D eigenvalue weighted by molar-refractivity contribution is -0.0945. The Morgan fingerprint density at radius 1 is 1.20 bits per heavy atom. The minimum Gasteiger partial charge on any atom is -0.322 e. The number of halogens is 2. The molecule has 3 heterocycles. The lowest BCUT2D eigenvalue weighted by Gasteiger charge is -2.38. The van der Waals surface area contributed by atoms with E-state index in [2.05, 4.69) is 10.3 Å². The predicted molar refractivity (Wildman–Crippen MR) is 107 cm³/mol. The SMILES string of the molecule is CC(C)c1c(NC(=O)c2ccn3ccnc3c2)cccc1S(=O)(=O)N1CC(F)(F)C1. The smallest absolute Gasteiger partial charge is 0.275 e. The molecule has 4 rings (SSSR count). The number of aromatic nitrogens is 2. The summed E-state index contributed by atoms with van der Waals surface area (Å²) in [5.74, 6) is -3.71. The van der Waals surface area contributed by atoms with Gasteiger partial charge in [0.2, 0.25) is 10.0 Å². The molecule has 158 valence electrons. The van der Waals surface area contributed by atoms with Crippen LogP contribution in [0.15, 0.2) is 53.8 Å². The van der Waals surface area contributed by atoms with Gasteiger partial charge < -0.3 is 9.72 Å². The number of hydrogen-bond acceptors (Lipinski definition) is 4. The molecule has 1 saturated heterocycles. The predicted octanol–water partition coefficient (Wildman–Crippen LogP) is 3.35. The molecule has 3 aromatic rings. The van der Waals surface area contributed by atoms with Gasteiger partial charge in [-0.05, 0) is 35.7 Å². The number of anilines is 1. The zero-order valence-corrected chi connectivity index (χ0v) is 17.2. The first-order valence-electron chi connectivity index (χ1n) is 9.33. The number of carbonyl (C=O) groups excluding carboxylic acids is 1. The van der Waals surface area contributed by atoms with Crippen LogP contribution in [-0.2, 0) is 10.0 Å². The Balaban J connectivity index is 1.68. The van der Waals surface area contributed by atoms with Gasteiger partial charge in [0.1, 0.15) is 5.65 Å². The van der Waals surface area contributed by atoms with E-state index in [1.165, 1.54) is 12.1 Å². The second-order valence-corrected chi connectivity index (χ2v) is 9.47. The van der Waals surface area contributed by atoms with Crippen molar-refractivity contribution in [2.75, 3.05) is 18.4 Å². The van der Waals surface area contributed by atoms with Gasteiger partial charge >= 0.3 is 0 Å². The minimum atomic E-state index is -4.10. The van der Waals surface area contributed by atoms with E-state index in [9.17, 15) is 22.0 Å². The Morgan fingerprint density at radius 3 is 2.60 bits per heavy atom. The Kier molecular flexibility index (Phi) is 4.86. The molecule has 0 radical (unpaired) electrons. The Hall–Kier alpha value is -2.85. The number of nitrogens with zero attached hydrogens (tertiary/aromatic N) is 3. The summed E-state index contributed by atoms with van der Waals surface area (Å²) in [6.45, 7) is 1.89. The zero-order valence-electron chi connectivity index (χ0n) is 16.3. The van der Waals surface area contributed by atoms with E-state index in [1.807, 2.05) is 0 Å². The molecule has 1 amide bonds. The molecule has 0 atom stereocenters. The van der Waals surface area contributed by atoms with Crippen LogP contribution in [0.25, 0.3) is 5.65 Å². The van der Waals surface area contributed by atoms with Crippen molar-refractivity contribution in [2.45, 2.75) is 30.6 Å². The average Bonchev–Trinajstić information content (AvgIpc) is 3.13. The third-order valence-corrected chi connectivity index (χ3v) is 6.83. The van der Waals surface area contributed by atoms with Gasteiger partial charge in [-0.15, -0.1) is 0 Å². The second-order valence-electron chi connectivity index (χ2n) is 7.56. The summed E-state index contributed by atoms with van der Waals surface area (Å²) in [7, 11) is -4.10. The molecular weight excluding hydrogens is 414 g/mol. The number of imidazole rings is 1. The van der Waals surface area contributed by atoms with Crippen LogP contribution in [0.5, 0.6) is 0 Å². The average molecular weight is 434 g/mol. The number of sulfonamides is 1. The van der Waals surface area contributed by atoms with E-state index in [0.717, 1.165) is 4.31 Å². The van der Waals surface area contributed by atoms with E-state index in [4.69, 9.17) is 0 Å². The monoisotopic (exact) mass is 434 g/mol. The number of alkyl halides is 2. The largest absolute Gasteiger partial charge is 0.322 e. The normalized spacial score (nSPS) is 16.6. The number of nitrogens with one attached hydrogen (secondary N) is 1. The van der Waals surface area contributed by atoms with Crippen LogP contribution in [0, 0.1) is 0 Å². The first-order valence-corrected chi connectivity index (χ1v) is 10.8. The van der Waals surface area contributed by atoms with Crippen molar-refractivity contribution in [1.29, 1.82) is 0 Å². The van der Waals surface area contributed by atoms with Gasteiger partial charge in [-0.3, -0.25) is 4.79 Å². The van der Waals surface area contributed by atoms with E-state index in [1.54, 1.807) is 55.0 Å². The fourth-order valence-corrected chi connectivity index (χ4v) is 5.37. The molecule has 0 unspecified atom stereocenters. The third kappa shape index (κ3) is 3.56. The molecule has 1 aliphatic heterocycles. The Bertz CT molecular complexity index is 1230. The molecule has 10 heteroatoms. The van der Waals surface area contributed by atoms with Gasteiger partial charge in [-0.25, -0.2) is 22.2 Å². The summed E-state index contributed by atoms with van der Waals surface area (Å²) in [4.78, 5) is 16.9. The van der Waals surface area contributed by atoms with Crippen LogP contribution in [0.1, 0.15) is 35.7 Å². The maximum absolute atomic E-state index is 13.3. The van der Waals surface area contributed by atoms with E-state index < -0.39 is 34.9 Å². The highest BCUT2D eigenvalue weighted by Crippen LogP contribution is 2.37. The first kappa shape index (κ1) is 20.4. The van der Waals surface area contributed by atoms with Crippen LogP contribution >= 0.6 is 0 Å². The summed E-state index contributed by atoms with van der Waals surface area (Å²) in [6.07, 6.45) is 5.06. The fraction of sp³-hybridized carbons (Fsp3) is 0.300. The van der Waals surface area contributed by atoms with E-state index in [-0.39, 0.29) is 10.8 Å². The highest BCUT2D eigenvalue weighted by molar-refractivity contribution is 7.89. The molecule has 7 nitrogen and oxygen atoms in total. The van der Waals surface area contributed by atoms with Crippen molar-refractivity contribution in [1.82, 2.24) is 13.7 Å². The number of carbonyl (C=O) groups is 1. The molecule has 30 heavy (non-hydrogen) atoms. The molecule has 1 fully saturated rings. The summed E-state index contributed by atoms with van der Waals surface area (Å²) >= 11 is 0. The molecule has 1 aromatic carbocycles. The molecule has 0 aliphatic carbocycles. The number of rotatable bonds is 5. The lowest BCUT2D eigenvalue weighted by Crippen LogP contribution is -2.58. The van der Waals surface area contributed by atoms with E-state index >= 15 is 0 Å². The van der Waals surface area contributed by atoms with Crippen LogP contribution in [-0.4, -0.2) is 47.0 Å². The number of pyridine rings is 1. The fourth-order valence-electron chi connectivity index (χ4n) is 3.50. The van der Waals surface area contributed by atoms with Gasteiger partial charge in [0.05, 0.1) is 18.0 Å². The highest BCUT2D eigenvalue weighted by atomic mass is 32.2. The summed E-state index contributed by atoms with van der Waals surface area (Å²) in [5, 5.41) is 2.76. The summed E-state index contributed by atoms with van der Waals surface area (Å²) < 4.78 is 54.9. The zero-order chi connectivity index (χ0) is 21.7. The standard InChI is InChI=1S/C20H20F2N4O3S/c1-13(2)18-15(24-19(27)14-6-8-25-9-7-23-17(25)10-14)4-3-5-16(18)30(28,29)26-11-20(21,22)12-26/h3-10,13H,11-12H2,1-2H3,(H,24,27). The second kappa shape index (κ2) is 7.13. The van der Waals surface area contributed by atoms with Crippen LogP contribution < -0.4 is 5.32 Å². The molecule has 0 spiro atoms. The van der Waals surface area contributed by atoms with Gasteiger partial charge in [0.25, 0.3) is 11.8 Å².